The summed E-state index contributed by atoms with van der Waals surface area (Å²) in [6, 6.07) is 20.9. The van der Waals surface area contributed by atoms with Gasteiger partial charge in [0.1, 0.15) is 5.75 Å². The Hall–Kier alpha value is -3.91. The molecule has 4 rings (SSSR count). The van der Waals surface area contributed by atoms with Crippen molar-refractivity contribution in [3.63, 3.8) is 0 Å². The van der Waals surface area contributed by atoms with Crippen molar-refractivity contribution in [2.24, 2.45) is 0 Å². The molecule has 3 N–H and O–H groups in total. The number of ether oxygens (including phenoxy) is 1. The minimum Gasteiger partial charge on any atom is -0.497 e. The standard InChI is InChI=1S/C23H24N6O2/c1-24-13-14-25-22(30)16-9-11-18(12-10-16)26-23-27-21-8-4-7-20(29(21)28-23)17-5-3-6-19(15-17)31-2/h3-12,15,24H,13-14H2,1-2H3,(H,25,30)(H,26,28). The molecule has 4 aromatic rings. The predicted octanol–water partition coefficient (Wildman–Crippen LogP) is 3.10. The number of likely N-dealkylation sites (N-methyl/N-ethyl adjacent to an activating group) is 1. The van der Waals surface area contributed by atoms with Gasteiger partial charge in [-0.05, 0) is 55.6 Å². The number of hydrogen-bond acceptors (Lipinski definition) is 6. The number of carbonyl (C=O) groups is 1. The molecule has 1 amide bonds. The van der Waals surface area contributed by atoms with E-state index in [4.69, 9.17) is 4.74 Å². The van der Waals surface area contributed by atoms with Crippen LogP contribution >= 0.6 is 0 Å². The maximum Gasteiger partial charge on any atom is 0.251 e. The summed E-state index contributed by atoms with van der Waals surface area (Å²) in [7, 11) is 3.49. The van der Waals surface area contributed by atoms with Gasteiger partial charge in [0.15, 0.2) is 5.65 Å². The largest absolute Gasteiger partial charge is 0.497 e. The molecular formula is C23H24N6O2. The molecule has 0 saturated heterocycles. The number of rotatable bonds is 8. The van der Waals surface area contributed by atoms with Crippen molar-refractivity contribution in [2.45, 2.75) is 0 Å². The molecular weight excluding hydrogens is 392 g/mol. The molecule has 8 nitrogen and oxygen atoms in total. The van der Waals surface area contributed by atoms with Crippen LogP contribution in [0, 0.1) is 0 Å². The molecule has 0 radical (unpaired) electrons. The van der Waals surface area contributed by atoms with Crippen LogP contribution in [0.5, 0.6) is 5.75 Å². The highest BCUT2D eigenvalue weighted by Gasteiger charge is 2.10. The van der Waals surface area contributed by atoms with Gasteiger partial charge in [-0.2, -0.15) is 4.98 Å². The highest BCUT2D eigenvalue weighted by Crippen LogP contribution is 2.25. The van der Waals surface area contributed by atoms with E-state index in [1.54, 1.807) is 23.8 Å². The van der Waals surface area contributed by atoms with Gasteiger partial charge in [-0.3, -0.25) is 4.79 Å². The Labute approximate surface area is 180 Å². The summed E-state index contributed by atoms with van der Waals surface area (Å²) in [6.07, 6.45) is 0. The first-order valence-corrected chi connectivity index (χ1v) is 9.98. The number of benzene rings is 2. The van der Waals surface area contributed by atoms with E-state index in [1.807, 2.05) is 61.6 Å². The molecule has 0 saturated carbocycles. The van der Waals surface area contributed by atoms with Crippen molar-refractivity contribution in [3.05, 3.63) is 72.3 Å². The van der Waals surface area contributed by atoms with E-state index < -0.39 is 0 Å². The van der Waals surface area contributed by atoms with E-state index >= 15 is 0 Å². The van der Waals surface area contributed by atoms with E-state index in [0.717, 1.165) is 34.9 Å². The SMILES string of the molecule is CNCCNC(=O)c1ccc(Nc2nc3cccc(-c4cccc(OC)c4)n3n2)cc1. The van der Waals surface area contributed by atoms with Crippen molar-refractivity contribution in [2.75, 3.05) is 32.6 Å². The topological polar surface area (TPSA) is 92.6 Å². The monoisotopic (exact) mass is 416 g/mol. The Kier molecular flexibility index (Phi) is 6.09. The lowest BCUT2D eigenvalue weighted by molar-refractivity contribution is 0.0954. The van der Waals surface area contributed by atoms with Crippen molar-refractivity contribution >= 4 is 23.2 Å². The molecule has 2 aromatic heterocycles. The second-order valence-corrected chi connectivity index (χ2v) is 6.91. The van der Waals surface area contributed by atoms with Crippen molar-refractivity contribution in [1.29, 1.82) is 0 Å². The summed E-state index contributed by atoms with van der Waals surface area (Å²) in [6.45, 7) is 1.30. The van der Waals surface area contributed by atoms with Crippen molar-refractivity contribution in [3.8, 4) is 17.0 Å². The first-order chi connectivity index (χ1) is 15.2. The Morgan fingerprint density at radius 1 is 1.03 bits per heavy atom. The number of carbonyl (C=O) groups excluding carboxylic acids is 1. The van der Waals surface area contributed by atoms with Gasteiger partial charge in [0.2, 0.25) is 5.95 Å². The van der Waals surface area contributed by atoms with Crippen LogP contribution in [-0.4, -0.2) is 47.8 Å². The van der Waals surface area contributed by atoms with Gasteiger partial charge >= 0.3 is 0 Å². The first kappa shape index (κ1) is 20.4. The van der Waals surface area contributed by atoms with E-state index in [9.17, 15) is 4.79 Å². The third-order valence-electron chi connectivity index (χ3n) is 4.79. The van der Waals surface area contributed by atoms with Crippen LogP contribution in [0.3, 0.4) is 0 Å². The van der Waals surface area contributed by atoms with E-state index in [0.29, 0.717) is 18.1 Å². The summed E-state index contributed by atoms with van der Waals surface area (Å²) in [4.78, 5) is 16.7. The average molecular weight is 416 g/mol. The van der Waals surface area contributed by atoms with Crippen LogP contribution in [0.25, 0.3) is 16.9 Å². The normalized spacial score (nSPS) is 10.8. The predicted molar refractivity (Wildman–Crippen MR) is 121 cm³/mol. The van der Waals surface area contributed by atoms with E-state index in [2.05, 4.69) is 26.0 Å². The molecule has 0 atom stereocenters. The second-order valence-electron chi connectivity index (χ2n) is 6.91. The highest BCUT2D eigenvalue weighted by atomic mass is 16.5. The molecule has 8 heteroatoms. The summed E-state index contributed by atoms with van der Waals surface area (Å²) in [5, 5.41) is 13.7. The molecule has 2 aromatic carbocycles. The molecule has 0 bridgehead atoms. The van der Waals surface area contributed by atoms with Gasteiger partial charge in [-0.1, -0.05) is 18.2 Å². The quantitative estimate of drug-likeness (QED) is 0.382. The van der Waals surface area contributed by atoms with Crippen LogP contribution in [-0.2, 0) is 0 Å². The maximum atomic E-state index is 12.1. The number of amides is 1. The Morgan fingerprint density at radius 3 is 2.61 bits per heavy atom. The number of aromatic nitrogens is 3. The highest BCUT2D eigenvalue weighted by molar-refractivity contribution is 5.94. The van der Waals surface area contributed by atoms with E-state index in [1.165, 1.54) is 0 Å². The summed E-state index contributed by atoms with van der Waals surface area (Å²) < 4.78 is 7.13. The van der Waals surface area contributed by atoms with Crippen LogP contribution < -0.4 is 20.7 Å². The smallest absolute Gasteiger partial charge is 0.251 e. The molecule has 31 heavy (non-hydrogen) atoms. The second kappa shape index (κ2) is 9.27. The van der Waals surface area contributed by atoms with Gasteiger partial charge in [-0.25, -0.2) is 4.52 Å². The van der Waals surface area contributed by atoms with Gasteiger partial charge in [0, 0.05) is 29.9 Å². The van der Waals surface area contributed by atoms with Crippen LogP contribution in [0.2, 0.25) is 0 Å². The van der Waals surface area contributed by atoms with Crippen LogP contribution in [0.15, 0.2) is 66.7 Å². The fourth-order valence-electron chi connectivity index (χ4n) is 3.20. The minimum atomic E-state index is -0.101. The zero-order chi connectivity index (χ0) is 21.6. The molecule has 2 heterocycles. The lowest BCUT2D eigenvalue weighted by Gasteiger charge is -2.06. The van der Waals surface area contributed by atoms with Crippen molar-refractivity contribution in [1.82, 2.24) is 25.2 Å². The molecule has 0 unspecified atom stereocenters. The number of pyridine rings is 1. The molecule has 0 fully saturated rings. The number of hydrogen-bond donors (Lipinski definition) is 3. The van der Waals surface area contributed by atoms with Gasteiger partial charge in [0.05, 0.1) is 12.8 Å². The van der Waals surface area contributed by atoms with Crippen LogP contribution in [0.1, 0.15) is 10.4 Å². The number of anilines is 2. The number of nitrogens with one attached hydrogen (secondary N) is 3. The van der Waals surface area contributed by atoms with Crippen LogP contribution in [0.4, 0.5) is 11.6 Å². The van der Waals surface area contributed by atoms with Gasteiger partial charge in [0.25, 0.3) is 5.91 Å². The number of fused-ring (bicyclic) bond motifs is 1. The minimum absolute atomic E-state index is 0.101. The molecule has 0 aliphatic rings. The fourth-order valence-corrected chi connectivity index (χ4v) is 3.20. The number of nitrogens with zero attached hydrogens (tertiary/aromatic N) is 3. The van der Waals surface area contributed by atoms with Gasteiger partial charge < -0.3 is 20.7 Å². The fraction of sp³-hybridized carbons (Fsp3) is 0.174. The summed E-state index contributed by atoms with van der Waals surface area (Å²) >= 11 is 0. The zero-order valence-corrected chi connectivity index (χ0v) is 17.4. The lowest BCUT2D eigenvalue weighted by atomic mass is 10.1. The summed E-state index contributed by atoms with van der Waals surface area (Å²) in [5.41, 5.74) is 4.01. The Bertz CT molecular complexity index is 1190. The van der Waals surface area contributed by atoms with Crippen molar-refractivity contribution < 1.29 is 9.53 Å². The zero-order valence-electron chi connectivity index (χ0n) is 17.4. The molecule has 0 aliphatic carbocycles. The molecule has 0 aliphatic heterocycles. The number of methoxy groups -OCH3 is 1. The maximum absolute atomic E-state index is 12.1. The summed E-state index contributed by atoms with van der Waals surface area (Å²) in [5.74, 6) is 1.15. The van der Waals surface area contributed by atoms with E-state index in [-0.39, 0.29) is 5.91 Å². The third-order valence-corrected chi connectivity index (χ3v) is 4.79. The average Bonchev–Trinajstić information content (AvgIpc) is 3.22. The van der Waals surface area contributed by atoms with Gasteiger partial charge in [-0.15, -0.1) is 5.10 Å². The molecule has 0 spiro atoms. The Balaban J connectivity index is 1.54. The third kappa shape index (κ3) is 4.65. The molecule has 158 valence electrons. The Morgan fingerprint density at radius 2 is 1.84 bits per heavy atom. The first-order valence-electron chi connectivity index (χ1n) is 9.98. The lowest BCUT2D eigenvalue weighted by Crippen LogP contribution is -2.30.